The van der Waals surface area contributed by atoms with Gasteiger partial charge in [0.2, 0.25) is 0 Å². The number of carbonyl (C=O) groups excluding carboxylic acids is 1. The van der Waals surface area contributed by atoms with E-state index in [0.717, 1.165) is 32.6 Å². The smallest absolute Gasteiger partial charge is 0.255 e. The molecule has 0 atom stereocenters. The second kappa shape index (κ2) is 6.31. The number of anilines is 1. The van der Waals surface area contributed by atoms with Crippen molar-refractivity contribution in [1.29, 1.82) is 0 Å². The largest absolute Gasteiger partial charge is 0.496 e. The van der Waals surface area contributed by atoms with Crippen molar-refractivity contribution in [3.8, 4) is 5.75 Å². The highest BCUT2D eigenvalue weighted by molar-refractivity contribution is 9.10. The molecule has 4 heteroatoms. The van der Waals surface area contributed by atoms with E-state index in [1.165, 1.54) is 0 Å². The Morgan fingerprint density at radius 2 is 1.86 bits per heavy atom. The van der Waals surface area contributed by atoms with E-state index < -0.39 is 0 Å². The van der Waals surface area contributed by atoms with Gasteiger partial charge in [-0.1, -0.05) is 22.0 Å². The van der Waals surface area contributed by atoms with E-state index in [1.54, 1.807) is 7.11 Å². The van der Waals surface area contributed by atoms with E-state index in [9.17, 15) is 4.79 Å². The topological polar surface area (TPSA) is 38.3 Å². The highest BCUT2D eigenvalue weighted by Gasteiger charge is 2.12. The zero-order valence-corrected chi connectivity index (χ0v) is 14.2. The molecule has 0 saturated heterocycles. The molecule has 0 aliphatic rings. The van der Waals surface area contributed by atoms with Gasteiger partial charge in [0.05, 0.1) is 7.11 Å². The number of hydrogen-bond acceptors (Lipinski definition) is 2. The second-order valence-corrected chi connectivity index (χ2v) is 5.98. The fraction of sp³-hybridized carbons (Fsp3) is 0.235. The van der Waals surface area contributed by atoms with Gasteiger partial charge in [0.1, 0.15) is 5.75 Å². The average molecular weight is 348 g/mol. The Morgan fingerprint density at radius 3 is 2.48 bits per heavy atom. The lowest BCUT2D eigenvalue weighted by atomic mass is 10.1. The molecule has 0 fully saturated rings. The lowest BCUT2D eigenvalue weighted by Crippen LogP contribution is -2.13. The fourth-order valence-electron chi connectivity index (χ4n) is 2.34. The Labute approximate surface area is 133 Å². The third-order valence-corrected chi connectivity index (χ3v) is 3.82. The van der Waals surface area contributed by atoms with Crippen molar-refractivity contribution in [2.45, 2.75) is 20.8 Å². The first kappa shape index (κ1) is 15.6. The Balaban J connectivity index is 2.32. The molecule has 0 aromatic heterocycles. The minimum Gasteiger partial charge on any atom is -0.496 e. The summed E-state index contributed by atoms with van der Waals surface area (Å²) < 4.78 is 6.28. The number of nitrogens with one attached hydrogen (secondary N) is 1. The van der Waals surface area contributed by atoms with Crippen LogP contribution >= 0.6 is 15.9 Å². The van der Waals surface area contributed by atoms with Crippen LogP contribution in [0.5, 0.6) is 5.75 Å². The molecule has 21 heavy (non-hydrogen) atoms. The standard InChI is InChI=1S/C17H18BrNO2/c1-10-7-13(9-14(18)8-10)17(20)19-15-6-5-11(2)16(21-4)12(15)3/h5-9H,1-4H3,(H,19,20). The molecule has 2 aromatic rings. The summed E-state index contributed by atoms with van der Waals surface area (Å²) in [5, 5.41) is 2.94. The normalized spacial score (nSPS) is 10.3. The number of rotatable bonds is 3. The van der Waals surface area contributed by atoms with Crippen molar-refractivity contribution in [3.63, 3.8) is 0 Å². The minimum atomic E-state index is -0.131. The molecular weight excluding hydrogens is 330 g/mol. The van der Waals surface area contributed by atoms with Crippen LogP contribution < -0.4 is 10.1 Å². The van der Waals surface area contributed by atoms with Crippen LogP contribution in [0.25, 0.3) is 0 Å². The van der Waals surface area contributed by atoms with Gasteiger partial charge >= 0.3 is 0 Å². The third-order valence-electron chi connectivity index (χ3n) is 3.36. The second-order valence-electron chi connectivity index (χ2n) is 5.06. The number of amides is 1. The van der Waals surface area contributed by atoms with E-state index in [-0.39, 0.29) is 5.91 Å². The number of carbonyl (C=O) groups is 1. The summed E-state index contributed by atoms with van der Waals surface area (Å²) in [6, 6.07) is 9.48. The summed E-state index contributed by atoms with van der Waals surface area (Å²) in [4.78, 5) is 12.4. The molecule has 2 rings (SSSR count). The average Bonchev–Trinajstić information content (AvgIpc) is 2.41. The van der Waals surface area contributed by atoms with E-state index in [2.05, 4.69) is 21.2 Å². The van der Waals surface area contributed by atoms with E-state index in [0.29, 0.717) is 5.56 Å². The van der Waals surface area contributed by atoms with Crippen molar-refractivity contribution < 1.29 is 9.53 Å². The van der Waals surface area contributed by atoms with E-state index in [1.807, 2.05) is 51.1 Å². The summed E-state index contributed by atoms with van der Waals surface area (Å²) in [6.45, 7) is 5.88. The highest BCUT2D eigenvalue weighted by atomic mass is 79.9. The number of aryl methyl sites for hydroxylation is 2. The van der Waals surface area contributed by atoms with Gasteiger partial charge in [0.15, 0.2) is 0 Å². The lowest BCUT2D eigenvalue weighted by Gasteiger charge is -2.14. The van der Waals surface area contributed by atoms with Gasteiger partial charge < -0.3 is 10.1 Å². The summed E-state index contributed by atoms with van der Waals surface area (Å²) in [5.74, 6) is 0.673. The van der Waals surface area contributed by atoms with Crippen LogP contribution in [0.15, 0.2) is 34.8 Å². The summed E-state index contributed by atoms with van der Waals surface area (Å²) in [6.07, 6.45) is 0. The van der Waals surface area contributed by atoms with Gasteiger partial charge in [-0.2, -0.15) is 0 Å². The molecule has 0 radical (unpaired) electrons. The van der Waals surface area contributed by atoms with Crippen LogP contribution in [0, 0.1) is 20.8 Å². The molecule has 3 nitrogen and oxygen atoms in total. The van der Waals surface area contributed by atoms with Crippen molar-refractivity contribution >= 4 is 27.5 Å². The fourth-order valence-corrected chi connectivity index (χ4v) is 2.95. The van der Waals surface area contributed by atoms with Gasteiger partial charge in [-0.05, 0) is 56.2 Å². The summed E-state index contributed by atoms with van der Waals surface area (Å²) >= 11 is 3.41. The quantitative estimate of drug-likeness (QED) is 0.878. The van der Waals surface area contributed by atoms with Crippen LogP contribution in [0.4, 0.5) is 5.69 Å². The van der Waals surface area contributed by atoms with Gasteiger partial charge in [-0.15, -0.1) is 0 Å². The Morgan fingerprint density at radius 1 is 1.14 bits per heavy atom. The molecule has 2 aromatic carbocycles. The molecule has 110 valence electrons. The van der Waals surface area contributed by atoms with Gasteiger partial charge in [-0.3, -0.25) is 4.79 Å². The number of hydrogen-bond donors (Lipinski definition) is 1. The van der Waals surface area contributed by atoms with Crippen LogP contribution in [0.2, 0.25) is 0 Å². The molecule has 0 heterocycles. The molecule has 0 saturated carbocycles. The molecule has 0 bridgehead atoms. The van der Waals surface area contributed by atoms with Crippen LogP contribution in [-0.4, -0.2) is 13.0 Å². The maximum atomic E-state index is 12.4. The maximum absolute atomic E-state index is 12.4. The van der Waals surface area contributed by atoms with Crippen LogP contribution in [0.3, 0.4) is 0 Å². The molecule has 1 amide bonds. The van der Waals surface area contributed by atoms with E-state index in [4.69, 9.17) is 4.74 Å². The third kappa shape index (κ3) is 3.45. The SMILES string of the molecule is COc1c(C)ccc(NC(=O)c2cc(C)cc(Br)c2)c1C. The zero-order valence-electron chi connectivity index (χ0n) is 12.6. The summed E-state index contributed by atoms with van der Waals surface area (Å²) in [5.41, 5.74) is 4.40. The first-order valence-corrected chi connectivity index (χ1v) is 7.44. The molecule has 0 unspecified atom stereocenters. The van der Waals surface area contributed by atoms with Crippen LogP contribution in [-0.2, 0) is 0 Å². The highest BCUT2D eigenvalue weighted by Crippen LogP contribution is 2.29. The Hall–Kier alpha value is -1.81. The van der Waals surface area contributed by atoms with Gasteiger partial charge in [-0.25, -0.2) is 0 Å². The first-order valence-electron chi connectivity index (χ1n) is 6.65. The molecule has 0 spiro atoms. The zero-order chi connectivity index (χ0) is 15.6. The number of benzene rings is 2. The van der Waals surface area contributed by atoms with Crippen LogP contribution in [0.1, 0.15) is 27.0 Å². The molecular formula is C17H18BrNO2. The number of halogens is 1. The Bertz CT molecular complexity index is 675. The predicted molar refractivity (Wildman–Crippen MR) is 89.3 cm³/mol. The number of ether oxygens (including phenoxy) is 1. The predicted octanol–water partition coefficient (Wildman–Crippen LogP) is 4.64. The number of methoxy groups -OCH3 is 1. The van der Waals surface area contributed by atoms with Crippen molar-refractivity contribution in [2.24, 2.45) is 0 Å². The lowest BCUT2D eigenvalue weighted by molar-refractivity contribution is 0.102. The molecule has 0 aliphatic carbocycles. The monoisotopic (exact) mass is 347 g/mol. The maximum Gasteiger partial charge on any atom is 0.255 e. The van der Waals surface area contributed by atoms with E-state index >= 15 is 0 Å². The van der Waals surface area contributed by atoms with Crippen molar-refractivity contribution in [1.82, 2.24) is 0 Å². The molecule has 1 N–H and O–H groups in total. The summed E-state index contributed by atoms with van der Waals surface area (Å²) in [7, 11) is 1.64. The minimum absolute atomic E-state index is 0.131. The first-order chi connectivity index (χ1) is 9.92. The van der Waals surface area contributed by atoms with Gasteiger partial charge in [0.25, 0.3) is 5.91 Å². The van der Waals surface area contributed by atoms with Crippen molar-refractivity contribution in [2.75, 3.05) is 12.4 Å². The Kier molecular flexibility index (Phi) is 4.68. The van der Waals surface area contributed by atoms with Crippen molar-refractivity contribution in [3.05, 3.63) is 57.1 Å². The molecule has 0 aliphatic heterocycles. The van der Waals surface area contributed by atoms with Gasteiger partial charge in [0, 0.05) is 21.3 Å².